The smallest absolute Gasteiger partial charge is 0.271 e. The lowest BCUT2D eigenvalue weighted by Gasteiger charge is -2.14. The summed E-state index contributed by atoms with van der Waals surface area (Å²) in [4.78, 5) is 18.3. The highest BCUT2D eigenvalue weighted by molar-refractivity contribution is 6.31. The van der Waals surface area contributed by atoms with E-state index in [-0.39, 0.29) is 41.6 Å². The lowest BCUT2D eigenvalue weighted by atomic mass is 9.99. The van der Waals surface area contributed by atoms with Gasteiger partial charge in [0.1, 0.15) is 11.6 Å². The molecule has 39 heavy (non-hydrogen) atoms. The van der Waals surface area contributed by atoms with Gasteiger partial charge in [-0.15, -0.1) is 10.2 Å². The molecule has 0 bridgehead atoms. The number of benzene rings is 2. The summed E-state index contributed by atoms with van der Waals surface area (Å²) in [6.45, 7) is 1.24. The Kier molecular flexibility index (Phi) is 8.64. The number of aromatic nitrogens is 5. The number of carbonyl (C=O) groups excluding carboxylic acids is 1. The first-order valence-electron chi connectivity index (χ1n) is 12.1. The summed E-state index contributed by atoms with van der Waals surface area (Å²) in [7, 11) is 0. The summed E-state index contributed by atoms with van der Waals surface area (Å²) in [6.07, 6.45) is 2.17. The number of aryl methyl sites for hydroxylation is 1. The van der Waals surface area contributed by atoms with Crippen LogP contribution in [0.15, 0.2) is 54.7 Å². The number of nitrogen functional groups attached to an aromatic ring is 1. The number of halogens is 3. The molecule has 0 fully saturated rings. The van der Waals surface area contributed by atoms with Crippen molar-refractivity contribution in [3.05, 3.63) is 87.6 Å². The van der Waals surface area contributed by atoms with Gasteiger partial charge in [0, 0.05) is 54.3 Å². The van der Waals surface area contributed by atoms with Crippen LogP contribution in [-0.2, 0) is 30.1 Å². The van der Waals surface area contributed by atoms with E-state index in [9.17, 15) is 13.6 Å². The van der Waals surface area contributed by atoms with Gasteiger partial charge >= 0.3 is 0 Å². The number of rotatable bonds is 9. The van der Waals surface area contributed by atoms with Gasteiger partial charge in [-0.05, 0) is 53.1 Å². The van der Waals surface area contributed by atoms with Gasteiger partial charge in [-0.2, -0.15) is 4.80 Å². The number of hydrogen-bond acceptors (Lipinski definition) is 7. The Bertz CT molecular complexity index is 1560. The molecule has 0 amide bonds. The second kappa shape index (κ2) is 12.1. The van der Waals surface area contributed by atoms with Crippen molar-refractivity contribution in [3.8, 4) is 23.2 Å². The molecule has 2 aromatic heterocycles. The molecular formula is C28H25ClF2N6O2. The third-order valence-electron chi connectivity index (χ3n) is 5.72. The number of hydrogen-bond donors (Lipinski definition) is 2. The Balaban J connectivity index is 1.46. The van der Waals surface area contributed by atoms with Crippen molar-refractivity contribution in [1.82, 2.24) is 25.2 Å². The molecule has 0 radical (unpaired) electrons. The average molecular weight is 551 g/mol. The number of carbonyl (C=O) groups is 1. The highest BCUT2D eigenvalue weighted by Crippen LogP contribution is 2.33. The number of alkyl halides is 2. The van der Waals surface area contributed by atoms with E-state index in [1.165, 1.54) is 23.1 Å². The van der Waals surface area contributed by atoms with E-state index in [1.54, 1.807) is 36.4 Å². The van der Waals surface area contributed by atoms with Gasteiger partial charge < -0.3 is 10.8 Å². The first-order chi connectivity index (χ1) is 18.6. The Morgan fingerprint density at radius 2 is 1.90 bits per heavy atom. The van der Waals surface area contributed by atoms with E-state index < -0.39 is 5.92 Å². The zero-order chi connectivity index (χ0) is 28.0. The summed E-state index contributed by atoms with van der Waals surface area (Å²) in [6, 6.07) is 13.2. The van der Waals surface area contributed by atoms with Crippen LogP contribution >= 0.6 is 11.6 Å². The summed E-state index contributed by atoms with van der Waals surface area (Å²) >= 11 is 5.90. The second-order valence-electron chi connectivity index (χ2n) is 8.99. The van der Waals surface area contributed by atoms with Gasteiger partial charge in [0.05, 0.1) is 12.1 Å². The Morgan fingerprint density at radius 1 is 1.13 bits per heavy atom. The number of nitrogens with two attached hydrogens (primary N) is 1. The first-order valence-corrected chi connectivity index (χ1v) is 12.4. The van der Waals surface area contributed by atoms with E-state index in [1.807, 2.05) is 0 Å². The highest BCUT2D eigenvalue weighted by Gasteiger charge is 2.27. The van der Waals surface area contributed by atoms with Crippen LogP contribution < -0.4 is 5.73 Å². The maximum absolute atomic E-state index is 13.8. The van der Waals surface area contributed by atoms with E-state index in [4.69, 9.17) is 22.4 Å². The van der Waals surface area contributed by atoms with Crippen LogP contribution in [0.4, 0.5) is 14.6 Å². The number of Topliss-reactive ketones (excluding diaryl/α,β-unsaturated/α-hetero) is 1. The van der Waals surface area contributed by atoms with Crippen LogP contribution in [0.5, 0.6) is 0 Å². The Hall–Kier alpha value is -4.20. The van der Waals surface area contributed by atoms with E-state index in [0.29, 0.717) is 41.0 Å². The molecule has 8 nitrogen and oxygen atoms in total. The average Bonchev–Trinajstić information content (AvgIpc) is 3.36. The molecule has 4 rings (SSSR count). The minimum atomic E-state index is -3.10. The van der Waals surface area contributed by atoms with Crippen molar-refractivity contribution >= 4 is 23.2 Å². The standard InChI is InChI=1S/C28H25ClF2N6O2/c1-28(30,31)24-15-20(7-9-25(24)29)14-23(39)13-19-5-2-4-18(12-19)6-8-21-16-22(17-33-26(21)32)27-34-36-37(35-27)10-3-11-38/h2,4-5,7,9,12,15-17,38H,3,10-11,13-14H2,1H3,(H2,32,33). The summed E-state index contributed by atoms with van der Waals surface area (Å²) in [5, 5.41) is 21.2. The fourth-order valence-corrected chi connectivity index (χ4v) is 4.08. The zero-order valence-electron chi connectivity index (χ0n) is 21.0. The van der Waals surface area contributed by atoms with Crippen LogP contribution in [0.25, 0.3) is 11.4 Å². The second-order valence-corrected chi connectivity index (χ2v) is 9.40. The summed E-state index contributed by atoms with van der Waals surface area (Å²) in [5.74, 6) is 3.41. The molecule has 2 aromatic carbocycles. The maximum atomic E-state index is 13.8. The molecule has 11 heteroatoms. The third-order valence-corrected chi connectivity index (χ3v) is 6.05. The van der Waals surface area contributed by atoms with Crippen LogP contribution in [0, 0.1) is 11.8 Å². The van der Waals surface area contributed by atoms with Crippen molar-refractivity contribution in [2.24, 2.45) is 0 Å². The molecule has 4 aromatic rings. The molecule has 0 unspecified atom stereocenters. The monoisotopic (exact) mass is 550 g/mol. The maximum Gasteiger partial charge on any atom is 0.271 e. The quantitative estimate of drug-likeness (QED) is 0.299. The van der Waals surface area contributed by atoms with Crippen molar-refractivity contribution in [3.63, 3.8) is 0 Å². The normalized spacial score (nSPS) is 11.2. The van der Waals surface area contributed by atoms with Gasteiger partial charge in [-0.1, -0.05) is 41.6 Å². The summed E-state index contributed by atoms with van der Waals surface area (Å²) < 4.78 is 27.6. The SMILES string of the molecule is CC(F)(F)c1cc(CC(=O)Cc2cccc(C#Cc3cc(-c4nnn(CCCO)n4)cnc3N)c2)ccc1Cl. The largest absolute Gasteiger partial charge is 0.396 e. The predicted molar refractivity (Wildman–Crippen MR) is 143 cm³/mol. The fourth-order valence-electron chi connectivity index (χ4n) is 3.80. The number of tetrazole rings is 1. The van der Waals surface area contributed by atoms with E-state index in [0.717, 1.165) is 12.5 Å². The van der Waals surface area contributed by atoms with Crippen LogP contribution in [0.2, 0.25) is 5.02 Å². The summed E-state index contributed by atoms with van der Waals surface area (Å²) in [5.41, 5.74) is 8.67. The zero-order valence-corrected chi connectivity index (χ0v) is 21.8. The molecule has 200 valence electrons. The molecule has 3 N–H and O–H groups in total. The number of aliphatic hydroxyl groups is 1. The van der Waals surface area contributed by atoms with Gasteiger partial charge in [-0.25, -0.2) is 13.8 Å². The molecule has 0 aliphatic heterocycles. The lowest BCUT2D eigenvalue weighted by Crippen LogP contribution is -2.11. The van der Waals surface area contributed by atoms with Crippen molar-refractivity contribution in [1.29, 1.82) is 0 Å². The molecule has 0 atom stereocenters. The molecule has 0 spiro atoms. The number of pyridine rings is 1. The first kappa shape index (κ1) is 27.8. The highest BCUT2D eigenvalue weighted by atomic mass is 35.5. The van der Waals surface area contributed by atoms with E-state index in [2.05, 4.69) is 32.2 Å². The molecular weight excluding hydrogens is 526 g/mol. The van der Waals surface area contributed by atoms with Gasteiger partial charge in [0.2, 0.25) is 5.82 Å². The van der Waals surface area contributed by atoms with Gasteiger partial charge in [0.25, 0.3) is 5.92 Å². The predicted octanol–water partition coefficient (Wildman–Crippen LogP) is 4.22. The number of ketones is 1. The lowest BCUT2D eigenvalue weighted by molar-refractivity contribution is -0.117. The van der Waals surface area contributed by atoms with Crippen LogP contribution in [0.1, 0.15) is 41.2 Å². The van der Waals surface area contributed by atoms with Crippen molar-refractivity contribution in [2.45, 2.75) is 38.7 Å². The van der Waals surface area contributed by atoms with Crippen LogP contribution in [0.3, 0.4) is 0 Å². The topological polar surface area (TPSA) is 120 Å². The van der Waals surface area contributed by atoms with Crippen molar-refractivity contribution < 1.29 is 18.7 Å². The van der Waals surface area contributed by atoms with E-state index >= 15 is 0 Å². The minimum absolute atomic E-state index is 0.00377. The van der Waals surface area contributed by atoms with Gasteiger partial charge in [-0.3, -0.25) is 4.79 Å². The number of anilines is 1. The molecule has 2 heterocycles. The minimum Gasteiger partial charge on any atom is -0.396 e. The number of nitrogens with zero attached hydrogens (tertiary/aromatic N) is 5. The fraction of sp³-hybridized carbons (Fsp3) is 0.250. The third kappa shape index (κ3) is 7.44. The van der Waals surface area contributed by atoms with Crippen molar-refractivity contribution in [2.75, 3.05) is 12.3 Å². The molecule has 0 aliphatic rings. The Labute approximate surface area is 228 Å². The molecule has 0 aliphatic carbocycles. The van der Waals surface area contributed by atoms with Gasteiger partial charge in [0.15, 0.2) is 0 Å². The number of aliphatic hydroxyl groups excluding tert-OH is 1. The molecule has 0 saturated heterocycles. The van der Waals surface area contributed by atoms with Crippen LogP contribution in [-0.4, -0.2) is 42.7 Å². The Morgan fingerprint density at radius 3 is 2.64 bits per heavy atom. The molecule has 0 saturated carbocycles.